The van der Waals surface area contributed by atoms with Crippen molar-refractivity contribution in [2.45, 2.75) is 26.2 Å². The van der Waals surface area contributed by atoms with Crippen molar-refractivity contribution >= 4 is 38.6 Å². The Hall–Kier alpha value is -4.05. The highest BCUT2D eigenvalue weighted by molar-refractivity contribution is 7.93. The number of pyridine rings is 1. The average Bonchev–Trinajstić information content (AvgIpc) is 3.13. The third-order valence-corrected chi connectivity index (χ3v) is 7.11. The molecule has 4 aromatic rings. The molecule has 0 unspecified atom stereocenters. The van der Waals surface area contributed by atoms with Crippen molar-refractivity contribution in [3.05, 3.63) is 89.2 Å². The van der Waals surface area contributed by atoms with Gasteiger partial charge >= 0.3 is 5.97 Å². The van der Waals surface area contributed by atoms with Gasteiger partial charge in [0.2, 0.25) is 0 Å². The predicted octanol–water partition coefficient (Wildman–Crippen LogP) is 5.04. The van der Waals surface area contributed by atoms with Crippen LogP contribution >= 0.6 is 0 Å². The van der Waals surface area contributed by atoms with Crippen LogP contribution in [0.1, 0.15) is 39.5 Å². The zero-order valence-corrected chi connectivity index (χ0v) is 19.2. The summed E-state index contributed by atoms with van der Waals surface area (Å²) in [5.41, 5.74) is 0.585. The Labute approximate surface area is 202 Å². The van der Waals surface area contributed by atoms with Crippen LogP contribution in [-0.4, -0.2) is 32.4 Å². The number of fused-ring (bicyclic) bond motifs is 1. The number of amides is 1. The van der Waals surface area contributed by atoms with Crippen LogP contribution in [-0.2, 0) is 14.8 Å². The summed E-state index contributed by atoms with van der Waals surface area (Å²) < 4.78 is 52.2. The number of benzene rings is 2. The highest BCUT2D eigenvalue weighted by Crippen LogP contribution is 2.34. The number of methoxy groups -OCH3 is 1. The summed E-state index contributed by atoms with van der Waals surface area (Å²) in [6, 6.07) is 10.2. The van der Waals surface area contributed by atoms with Crippen molar-refractivity contribution in [1.82, 2.24) is 4.98 Å². The van der Waals surface area contributed by atoms with Crippen molar-refractivity contribution in [2.75, 3.05) is 11.4 Å². The highest BCUT2D eigenvalue weighted by Gasteiger charge is 2.34. The van der Waals surface area contributed by atoms with E-state index in [4.69, 9.17) is 9.15 Å². The van der Waals surface area contributed by atoms with Gasteiger partial charge in [0.15, 0.2) is 0 Å². The molecule has 0 aliphatic rings. The molecule has 0 N–H and O–H groups in total. The Balaban J connectivity index is 0.00000342. The Morgan fingerprint density at radius 3 is 2.34 bits per heavy atom. The lowest BCUT2D eigenvalue weighted by Crippen LogP contribution is -2.37. The van der Waals surface area contributed by atoms with Gasteiger partial charge in [-0.3, -0.25) is 9.78 Å². The van der Waals surface area contributed by atoms with Gasteiger partial charge in [-0.25, -0.2) is 17.6 Å². The minimum Gasteiger partial charge on any atom is -0.465 e. The van der Waals surface area contributed by atoms with Crippen LogP contribution in [0.25, 0.3) is 11.0 Å². The van der Waals surface area contributed by atoms with E-state index in [1.54, 1.807) is 6.92 Å². The summed E-state index contributed by atoms with van der Waals surface area (Å²) in [6.07, 6.45) is 2.72. The van der Waals surface area contributed by atoms with Crippen molar-refractivity contribution in [3.8, 4) is 0 Å². The van der Waals surface area contributed by atoms with E-state index in [1.165, 1.54) is 56.8 Å². The van der Waals surface area contributed by atoms with Gasteiger partial charge in [-0.15, -0.1) is 0 Å². The van der Waals surface area contributed by atoms with Gasteiger partial charge in [-0.2, -0.15) is 4.31 Å². The van der Waals surface area contributed by atoms with Crippen LogP contribution in [0.4, 0.5) is 10.1 Å². The lowest BCUT2D eigenvalue weighted by atomic mass is 10.1. The summed E-state index contributed by atoms with van der Waals surface area (Å²) in [6.45, 7) is 3.01. The first-order valence-corrected chi connectivity index (χ1v) is 11.5. The monoisotopic (exact) mass is 498 g/mol. The number of hydrogen-bond acceptors (Lipinski definition) is 7. The molecular formula is C25H23FN2O6S. The molecule has 0 bridgehead atoms. The third-order valence-electron chi connectivity index (χ3n) is 5.24. The van der Waals surface area contributed by atoms with E-state index in [0.717, 1.165) is 18.2 Å². The fourth-order valence-electron chi connectivity index (χ4n) is 3.67. The first-order chi connectivity index (χ1) is 16.1. The quantitative estimate of drug-likeness (QED) is 0.355. The summed E-state index contributed by atoms with van der Waals surface area (Å²) in [5, 5.41) is 0.278. The number of nitrogens with zero attached hydrogens (tertiary/aromatic N) is 2. The topological polar surface area (TPSA) is 107 Å². The number of carbonyl (C=O) groups is 2. The normalized spacial score (nSPS) is 11.1. The van der Waals surface area contributed by atoms with E-state index in [1.807, 2.05) is 0 Å². The molecule has 2 aromatic heterocycles. The maximum absolute atomic E-state index is 13.7. The molecule has 0 saturated carbocycles. The van der Waals surface area contributed by atoms with Gasteiger partial charge in [0, 0.05) is 23.3 Å². The zero-order chi connectivity index (χ0) is 24.6. The summed E-state index contributed by atoms with van der Waals surface area (Å²) in [7, 11) is -3.29. The second kappa shape index (κ2) is 9.67. The lowest BCUT2D eigenvalue weighted by Gasteiger charge is -2.23. The lowest BCUT2D eigenvalue weighted by molar-refractivity contribution is 0.0600. The minimum absolute atomic E-state index is 0. The van der Waals surface area contributed by atoms with Crippen LogP contribution < -0.4 is 4.31 Å². The number of sulfonamides is 1. The molecule has 182 valence electrons. The molecule has 2 aromatic carbocycles. The van der Waals surface area contributed by atoms with E-state index >= 15 is 0 Å². The van der Waals surface area contributed by atoms with Crippen LogP contribution in [0.15, 0.2) is 70.2 Å². The van der Waals surface area contributed by atoms with Crippen LogP contribution in [0.3, 0.4) is 0 Å². The van der Waals surface area contributed by atoms with E-state index < -0.39 is 27.7 Å². The number of furan rings is 1. The number of esters is 1. The molecule has 1 amide bonds. The Morgan fingerprint density at radius 1 is 1.03 bits per heavy atom. The number of halogens is 1. The predicted molar refractivity (Wildman–Crippen MR) is 128 cm³/mol. The van der Waals surface area contributed by atoms with E-state index in [0.29, 0.717) is 9.89 Å². The first kappa shape index (κ1) is 25.6. The van der Waals surface area contributed by atoms with Gasteiger partial charge in [-0.1, -0.05) is 7.43 Å². The van der Waals surface area contributed by atoms with E-state index in [9.17, 15) is 22.4 Å². The maximum Gasteiger partial charge on any atom is 0.342 e. The SMILES string of the molecule is C.COC(=O)c1c(C)oc2ccc(N(C(=O)c3ccncc3)S(=O)(=O)c3ccc(F)cc3C)cc12. The molecule has 0 saturated heterocycles. The molecule has 0 radical (unpaired) electrons. The molecule has 0 aliphatic heterocycles. The fourth-order valence-corrected chi connectivity index (χ4v) is 5.28. The first-order valence-electron chi connectivity index (χ1n) is 10.0. The second-order valence-electron chi connectivity index (χ2n) is 7.43. The molecule has 8 nitrogen and oxygen atoms in total. The number of hydrogen-bond donors (Lipinski definition) is 0. The molecule has 0 aliphatic carbocycles. The Bertz CT molecular complexity index is 1530. The fraction of sp³-hybridized carbons (Fsp3) is 0.160. The standard InChI is InChI=1S/C24H19FN2O6S.CH4/c1-14-12-17(25)4-7-21(14)34(30,31)27(23(28)16-8-10-26-11-9-16)18-5-6-20-19(13-18)22(15(2)33-20)24(29)32-3;/h4-13H,1-3H3;1H4. The number of ether oxygens (including phenoxy) is 1. The van der Waals surface area contributed by atoms with Gasteiger partial charge in [0.1, 0.15) is 22.7 Å². The molecule has 2 heterocycles. The van der Waals surface area contributed by atoms with Crippen molar-refractivity contribution in [2.24, 2.45) is 0 Å². The van der Waals surface area contributed by atoms with Crippen molar-refractivity contribution < 1.29 is 31.6 Å². The number of rotatable bonds is 5. The number of aryl methyl sites for hydroxylation is 2. The van der Waals surface area contributed by atoms with Crippen LogP contribution in [0.2, 0.25) is 0 Å². The molecular weight excluding hydrogens is 475 g/mol. The maximum atomic E-state index is 13.7. The van der Waals surface area contributed by atoms with Crippen LogP contribution in [0, 0.1) is 19.7 Å². The molecule has 4 rings (SSSR count). The van der Waals surface area contributed by atoms with Crippen molar-refractivity contribution in [1.29, 1.82) is 0 Å². The van der Waals surface area contributed by atoms with E-state index in [2.05, 4.69) is 4.98 Å². The number of anilines is 1. The Morgan fingerprint density at radius 2 is 1.71 bits per heavy atom. The largest absolute Gasteiger partial charge is 0.465 e. The second-order valence-corrected chi connectivity index (χ2v) is 9.18. The Kier molecular flexibility index (Phi) is 7.06. The molecule has 0 atom stereocenters. The minimum atomic E-state index is -4.50. The zero-order valence-electron chi connectivity index (χ0n) is 18.4. The molecule has 0 fully saturated rings. The van der Waals surface area contributed by atoms with Crippen molar-refractivity contribution in [3.63, 3.8) is 0 Å². The summed E-state index contributed by atoms with van der Waals surface area (Å²) >= 11 is 0. The highest BCUT2D eigenvalue weighted by atomic mass is 32.2. The molecule has 10 heteroatoms. The molecule has 0 spiro atoms. The smallest absolute Gasteiger partial charge is 0.342 e. The summed E-state index contributed by atoms with van der Waals surface area (Å²) in [5.74, 6) is -1.85. The van der Waals surface area contributed by atoms with E-state index in [-0.39, 0.29) is 45.8 Å². The van der Waals surface area contributed by atoms with Gasteiger partial charge in [-0.05, 0) is 67.9 Å². The van der Waals surface area contributed by atoms with Gasteiger partial charge < -0.3 is 9.15 Å². The average molecular weight is 499 g/mol. The summed E-state index contributed by atoms with van der Waals surface area (Å²) in [4.78, 5) is 29.4. The molecule has 35 heavy (non-hydrogen) atoms. The number of aromatic nitrogens is 1. The van der Waals surface area contributed by atoms with Gasteiger partial charge in [0.25, 0.3) is 15.9 Å². The number of carbonyl (C=O) groups excluding carboxylic acids is 2. The van der Waals surface area contributed by atoms with Gasteiger partial charge in [0.05, 0.1) is 17.7 Å². The van der Waals surface area contributed by atoms with Crippen LogP contribution in [0.5, 0.6) is 0 Å². The third kappa shape index (κ3) is 4.52.